The van der Waals surface area contributed by atoms with E-state index in [9.17, 15) is 0 Å². The van der Waals surface area contributed by atoms with Crippen LogP contribution < -0.4 is 4.74 Å². The Bertz CT molecular complexity index is 422. The van der Waals surface area contributed by atoms with Crippen molar-refractivity contribution in [3.63, 3.8) is 0 Å². The fourth-order valence-electron chi connectivity index (χ4n) is 2.83. The first-order valence-electron chi connectivity index (χ1n) is 8.74. The molecule has 1 rings (SSSR count). The van der Waals surface area contributed by atoms with Crippen molar-refractivity contribution in [3.8, 4) is 5.88 Å². The number of aromatic nitrogens is 3. The third-order valence-electron chi connectivity index (χ3n) is 4.36. The number of rotatable bonds is 12. The lowest BCUT2D eigenvalue weighted by Gasteiger charge is -2.28. The highest BCUT2D eigenvalue weighted by Gasteiger charge is 2.29. The molecule has 1 aromatic rings. The molecule has 0 fully saturated rings. The van der Waals surface area contributed by atoms with E-state index in [0.29, 0.717) is 11.0 Å². The molecule has 0 saturated carbocycles. The molecule has 0 amide bonds. The molecular formula is C17H32ClN3O. The predicted octanol–water partition coefficient (Wildman–Crippen LogP) is 5.60. The van der Waals surface area contributed by atoms with Crippen molar-refractivity contribution >= 4 is 11.6 Å². The van der Waals surface area contributed by atoms with E-state index in [0.717, 1.165) is 12.8 Å². The van der Waals surface area contributed by atoms with Crippen molar-refractivity contribution in [2.75, 3.05) is 7.11 Å². The highest BCUT2D eigenvalue weighted by Crippen LogP contribution is 2.31. The summed E-state index contributed by atoms with van der Waals surface area (Å²) in [5.74, 6) is 0.425. The normalized spacial score (nSPS) is 14.0. The summed E-state index contributed by atoms with van der Waals surface area (Å²) in [4.78, 5) is 1.80. The van der Waals surface area contributed by atoms with Crippen LogP contribution in [0.15, 0.2) is 0 Å². The number of ether oxygens (including phenoxy) is 1. The molecule has 0 saturated heterocycles. The summed E-state index contributed by atoms with van der Waals surface area (Å²) in [6.45, 7) is 6.73. The van der Waals surface area contributed by atoms with E-state index in [1.807, 2.05) is 0 Å². The van der Waals surface area contributed by atoms with Crippen LogP contribution in [0.25, 0.3) is 0 Å². The smallest absolute Gasteiger partial charge is 0.272 e. The van der Waals surface area contributed by atoms with Crippen LogP contribution in [0.1, 0.15) is 85.0 Å². The second-order valence-corrected chi connectivity index (χ2v) is 6.77. The molecule has 0 aliphatic carbocycles. The number of halogens is 1. The Kier molecular flexibility index (Phi) is 8.84. The maximum atomic E-state index is 6.10. The van der Waals surface area contributed by atoms with Gasteiger partial charge in [0.25, 0.3) is 5.88 Å². The molecule has 1 atom stereocenters. The fraction of sp³-hybridized carbons (Fsp3) is 0.882. The second kappa shape index (κ2) is 10.1. The van der Waals surface area contributed by atoms with Crippen molar-refractivity contribution in [1.29, 1.82) is 0 Å². The Morgan fingerprint density at radius 1 is 0.955 bits per heavy atom. The number of unbranched alkanes of at least 4 members (excludes halogenated alkanes) is 6. The average Bonchev–Trinajstić information content (AvgIpc) is 2.89. The highest BCUT2D eigenvalue weighted by molar-refractivity contribution is 6.30. The maximum absolute atomic E-state index is 6.10. The monoisotopic (exact) mass is 329 g/mol. The van der Waals surface area contributed by atoms with Crippen molar-refractivity contribution in [1.82, 2.24) is 15.0 Å². The number of methoxy groups -OCH3 is 1. The van der Waals surface area contributed by atoms with E-state index in [-0.39, 0.29) is 5.54 Å². The van der Waals surface area contributed by atoms with Crippen molar-refractivity contribution in [2.24, 2.45) is 0 Å². The van der Waals surface area contributed by atoms with Gasteiger partial charge in [-0.25, -0.2) is 0 Å². The highest BCUT2D eigenvalue weighted by atomic mass is 35.5. The first-order chi connectivity index (χ1) is 10.6. The third kappa shape index (κ3) is 5.79. The van der Waals surface area contributed by atoms with Crippen LogP contribution in [0.5, 0.6) is 5.88 Å². The van der Waals surface area contributed by atoms with E-state index in [2.05, 4.69) is 31.0 Å². The quantitative estimate of drug-likeness (QED) is 0.469. The molecule has 1 aromatic heterocycles. The van der Waals surface area contributed by atoms with E-state index >= 15 is 0 Å². The topological polar surface area (TPSA) is 39.9 Å². The van der Waals surface area contributed by atoms with Gasteiger partial charge in [-0.3, -0.25) is 0 Å². The first kappa shape index (κ1) is 19.3. The molecule has 1 heterocycles. The Morgan fingerprint density at radius 2 is 1.50 bits per heavy atom. The van der Waals surface area contributed by atoms with Crippen LogP contribution in [0.4, 0.5) is 0 Å². The summed E-state index contributed by atoms with van der Waals surface area (Å²) in [5, 5.41) is 9.20. The molecular weight excluding hydrogens is 298 g/mol. The Morgan fingerprint density at radius 3 is 2.05 bits per heavy atom. The van der Waals surface area contributed by atoms with Crippen molar-refractivity contribution < 1.29 is 4.74 Å². The molecule has 0 aromatic carbocycles. The second-order valence-electron chi connectivity index (χ2n) is 6.41. The Balaban J connectivity index is 2.71. The summed E-state index contributed by atoms with van der Waals surface area (Å²) in [6, 6.07) is 0. The predicted molar refractivity (Wildman–Crippen MR) is 92.8 cm³/mol. The minimum atomic E-state index is -0.0677. The van der Waals surface area contributed by atoms with E-state index in [1.165, 1.54) is 51.4 Å². The SMILES string of the molecule is CCCCCCCC(C)(CCCCC)n1nc(Cl)c(OC)n1. The van der Waals surface area contributed by atoms with Crippen LogP contribution in [0.2, 0.25) is 5.15 Å². The minimum Gasteiger partial charge on any atom is -0.478 e. The standard InChI is InChI=1S/C17H32ClN3O/c1-5-7-9-10-12-14-17(3,13-11-8-6-2)21-19-15(18)16(20-21)22-4/h5-14H2,1-4H3. The fourth-order valence-corrected chi connectivity index (χ4v) is 3.02. The molecule has 0 aliphatic heterocycles. The molecule has 22 heavy (non-hydrogen) atoms. The zero-order chi connectivity index (χ0) is 16.4. The lowest BCUT2D eigenvalue weighted by molar-refractivity contribution is 0.197. The van der Waals surface area contributed by atoms with Gasteiger partial charge in [0.15, 0.2) is 0 Å². The van der Waals surface area contributed by atoms with Gasteiger partial charge in [0, 0.05) is 0 Å². The third-order valence-corrected chi connectivity index (χ3v) is 4.60. The molecule has 0 radical (unpaired) electrons. The lowest BCUT2D eigenvalue weighted by Crippen LogP contribution is -2.32. The number of hydrogen-bond donors (Lipinski definition) is 0. The van der Waals surface area contributed by atoms with Gasteiger partial charge in [-0.15, -0.1) is 10.2 Å². The van der Waals surface area contributed by atoms with E-state index in [1.54, 1.807) is 11.9 Å². The van der Waals surface area contributed by atoms with E-state index < -0.39 is 0 Å². The van der Waals surface area contributed by atoms with Gasteiger partial charge in [-0.1, -0.05) is 76.8 Å². The summed E-state index contributed by atoms with van der Waals surface area (Å²) in [5.41, 5.74) is -0.0677. The van der Waals surface area contributed by atoms with Crippen LogP contribution in [0, 0.1) is 0 Å². The molecule has 0 aliphatic rings. The molecule has 128 valence electrons. The molecule has 1 unspecified atom stereocenters. The van der Waals surface area contributed by atoms with Crippen molar-refractivity contribution in [2.45, 2.75) is 90.5 Å². The zero-order valence-electron chi connectivity index (χ0n) is 14.7. The van der Waals surface area contributed by atoms with Gasteiger partial charge in [0.05, 0.1) is 12.6 Å². The average molecular weight is 330 g/mol. The van der Waals surface area contributed by atoms with Gasteiger partial charge in [-0.2, -0.15) is 4.80 Å². The maximum Gasteiger partial charge on any atom is 0.272 e. The molecule has 4 nitrogen and oxygen atoms in total. The molecule has 0 bridgehead atoms. The van der Waals surface area contributed by atoms with Crippen LogP contribution >= 0.6 is 11.6 Å². The Hall–Kier alpha value is -0.770. The summed E-state index contributed by atoms with van der Waals surface area (Å²) < 4.78 is 5.18. The first-order valence-corrected chi connectivity index (χ1v) is 9.12. The van der Waals surface area contributed by atoms with Gasteiger partial charge in [0.1, 0.15) is 0 Å². The van der Waals surface area contributed by atoms with Crippen LogP contribution in [0.3, 0.4) is 0 Å². The van der Waals surface area contributed by atoms with Gasteiger partial charge < -0.3 is 4.74 Å². The largest absolute Gasteiger partial charge is 0.478 e. The van der Waals surface area contributed by atoms with E-state index in [4.69, 9.17) is 16.3 Å². The van der Waals surface area contributed by atoms with Crippen LogP contribution in [-0.4, -0.2) is 22.1 Å². The van der Waals surface area contributed by atoms with Crippen LogP contribution in [-0.2, 0) is 5.54 Å². The molecule has 0 spiro atoms. The van der Waals surface area contributed by atoms with Gasteiger partial charge in [0.2, 0.25) is 5.15 Å². The lowest BCUT2D eigenvalue weighted by atomic mass is 9.89. The molecule has 5 heteroatoms. The van der Waals surface area contributed by atoms with Gasteiger partial charge in [-0.05, 0) is 19.8 Å². The van der Waals surface area contributed by atoms with Gasteiger partial charge >= 0.3 is 0 Å². The summed E-state index contributed by atoms with van der Waals surface area (Å²) in [6.07, 6.45) is 12.3. The Labute approximate surface area is 140 Å². The van der Waals surface area contributed by atoms with Crippen molar-refractivity contribution in [3.05, 3.63) is 5.15 Å². The minimum absolute atomic E-state index is 0.0677. The summed E-state index contributed by atoms with van der Waals surface area (Å²) in [7, 11) is 1.58. The summed E-state index contributed by atoms with van der Waals surface area (Å²) >= 11 is 6.10. The number of hydrogen-bond acceptors (Lipinski definition) is 3. The zero-order valence-corrected chi connectivity index (χ0v) is 15.5. The molecule has 0 N–H and O–H groups in total. The number of nitrogens with zero attached hydrogens (tertiary/aromatic N) is 3.